The lowest BCUT2D eigenvalue weighted by Gasteiger charge is -2.27. The average Bonchev–Trinajstić information content (AvgIpc) is 2.17. The van der Waals surface area contributed by atoms with E-state index in [1.54, 1.807) is 0 Å². The first kappa shape index (κ1) is 14.0. The molecule has 0 spiro atoms. The van der Waals surface area contributed by atoms with Gasteiger partial charge < -0.3 is 11.1 Å². The summed E-state index contributed by atoms with van der Waals surface area (Å²) in [6.45, 7) is -1.51. The third-order valence-corrected chi connectivity index (χ3v) is 2.82. The summed E-state index contributed by atoms with van der Waals surface area (Å²) in [5.41, 5.74) is 5.48. The van der Waals surface area contributed by atoms with Gasteiger partial charge in [0.15, 0.2) is 0 Å². The van der Waals surface area contributed by atoms with Crippen molar-refractivity contribution in [1.82, 2.24) is 5.32 Å². The molecule has 1 atom stereocenters. The smallest absolute Gasteiger partial charge is 0.340 e. The van der Waals surface area contributed by atoms with Crippen LogP contribution in [0.15, 0.2) is 0 Å². The lowest BCUT2D eigenvalue weighted by atomic mass is 9.80. The molecule has 0 bridgehead atoms. The van der Waals surface area contributed by atoms with Crippen molar-refractivity contribution in [1.29, 1.82) is 0 Å². The van der Waals surface area contributed by atoms with Crippen molar-refractivity contribution in [2.75, 3.05) is 6.54 Å². The van der Waals surface area contributed by atoms with E-state index in [-0.39, 0.29) is 0 Å². The molecule has 17 heavy (non-hydrogen) atoms. The van der Waals surface area contributed by atoms with Crippen LogP contribution >= 0.6 is 0 Å². The number of hydrogen-bond donors (Lipinski definition) is 2. The number of nitrogens with two attached hydrogens (primary N) is 1. The molecule has 0 aromatic carbocycles. The Labute approximate surface area is 96.7 Å². The molecule has 0 heterocycles. The Hall–Kier alpha value is -1.11. The molecule has 1 aliphatic carbocycles. The molecule has 0 aromatic rings. The maximum atomic E-state index is 11.8. The number of carbonyl (C=O) groups excluding carboxylic acids is 2. The summed E-state index contributed by atoms with van der Waals surface area (Å²) in [6, 6.07) is -0.992. The van der Waals surface area contributed by atoms with Gasteiger partial charge in [-0.15, -0.1) is 0 Å². The van der Waals surface area contributed by atoms with E-state index in [1.807, 2.05) is 0 Å². The Balaban J connectivity index is 2.32. The lowest BCUT2D eigenvalue weighted by Crippen LogP contribution is -2.46. The molecule has 1 fully saturated rings. The number of hydrogen-bond acceptors (Lipinski definition) is 3. The highest BCUT2D eigenvalue weighted by atomic mass is 19.4. The molecule has 1 saturated carbocycles. The summed E-state index contributed by atoms with van der Waals surface area (Å²) < 4.78 is 35.4. The van der Waals surface area contributed by atoms with Crippen LogP contribution in [0.4, 0.5) is 13.2 Å². The van der Waals surface area contributed by atoms with Gasteiger partial charge >= 0.3 is 6.18 Å². The third-order valence-electron chi connectivity index (χ3n) is 2.82. The minimum Gasteiger partial charge on any atom is -0.340 e. The van der Waals surface area contributed by atoms with E-state index in [2.05, 4.69) is 0 Å². The quantitative estimate of drug-likeness (QED) is 0.709. The number of halogens is 3. The Kier molecular flexibility index (Phi) is 4.50. The zero-order chi connectivity index (χ0) is 13.1. The van der Waals surface area contributed by atoms with E-state index in [0.717, 1.165) is 19.3 Å². The van der Waals surface area contributed by atoms with Crippen LogP contribution in [0.25, 0.3) is 0 Å². The van der Waals surface area contributed by atoms with Crippen molar-refractivity contribution in [3.63, 3.8) is 0 Å². The van der Waals surface area contributed by atoms with Crippen molar-refractivity contribution in [3.05, 3.63) is 0 Å². The largest absolute Gasteiger partial charge is 0.405 e. The fraction of sp³-hybridized carbons (Fsp3) is 0.800. The van der Waals surface area contributed by atoms with Gasteiger partial charge in [0, 0.05) is 0 Å². The molecule has 1 aliphatic rings. The van der Waals surface area contributed by atoms with E-state index in [4.69, 9.17) is 5.73 Å². The van der Waals surface area contributed by atoms with Gasteiger partial charge in [0.05, 0.1) is 6.04 Å². The molecule has 1 unspecified atom stereocenters. The molecule has 3 N–H and O–H groups in total. The van der Waals surface area contributed by atoms with E-state index in [1.165, 1.54) is 5.32 Å². The number of carbonyl (C=O) groups is 2. The number of ketones is 1. The molecule has 98 valence electrons. The highest BCUT2D eigenvalue weighted by Crippen LogP contribution is 2.30. The fourth-order valence-electron chi connectivity index (χ4n) is 1.63. The number of rotatable bonds is 5. The van der Waals surface area contributed by atoms with Crippen molar-refractivity contribution in [3.8, 4) is 0 Å². The van der Waals surface area contributed by atoms with Crippen molar-refractivity contribution < 1.29 is 22.8 Å². The second-order valence-corrected chi connectivity index (χ2v) is 4.30. The summed E-state index contributed by atoms with van der Waals surface area (Å²) in [5.74, 6) is -1.90. The molecule has 1 amide bonds. The van der Waals surface area contributed by atoms with Crippen LogP contribution in [0.2, 0.25) is 0 Å². The molecule has 7 heteroatoms. The number of amides is 1. The van der Waals surface area contributed by atoms with Crippen LogP contribution in [-0.4, -0.2) is 30.5 Å². The van der Waals surface area contributed by atoms with E-state index in [9.17, 15) is 22.8 Å². The van der Waals surface area contributed by atoms with Gasteiger partial charge in [0.2, 0.25) is 5.78 Å². The second-order valence-electron chi connectivity index (χ2n) is 4.30. The van der Waals surface area contributed by atoms with Gasteiger partial charge in [-0.1, -0.05) is 19.3 Å². The summed E-state index contributed by atoms with van der Waals surface area (Å²) >= 11 is 0. The number of Topliss-reactive ketones (excluding diaryl/α,β-unsaturated/α-hetero) is 1. The summed E-state index contributed by atoms with van der Waals surface area (Å²) in [7, 11) is 0. The second kappa shape index (κ2) is 5.48. The van der Waals surface area contributed by atoms with Crippen LogP contribution in [0.1, 0.15) is 25.7 Å². The Morgan fingerprint density at radius 3 is 2.35 bits per heavy atom. The van der Waals surface area contributed by atoms with E-state index < -0.39 is 30.5 Å². The topological polar surface area (TPSA) is 72.2 Å². The van der Waals surface area contributed by atoms with Crippen LogP contribution < -0.4 is 11.1 Å². The first-order chi connectivity index (χ1) is 7.79. The molecule has 4 nitrogen and oxygen atoms in total. The third kappa shape index (κ3) is 4.72. The van der Waals surface area contributed by atoms with Gasteiger partial charge in [0.25, 0.3) is 5.91 Å². The predicted octanol–water partition coefficient (Wildman–Crippen LogP) is 0.751. The summed E-state index contributed by atoms with van der Waals surface area (Å²) in [4.78, 5) is 22.4. The van der Waals surface area contributed by atoms with Gasteiger partial charge in [-0.25, -0.2) is 0 Å². The maximum Gasteiger partial charge on any atom is 0.405 e. The monoisotopic (exact) mass is 252 g/mol. The van der Waals surface area contributed by atoms with E-state index in [0.29, 0.717) is 12.3 Å². The first-order valence-corrected chi connectivity index (χ1v) is 5.44. The molecule has 0 aliphatic heterocycles. The van der Waals surface area contributed by atoms with Gasteiger partial charge in [0.1, 0.15) is 6.54 Å². The number of alkyl halides is 3. The van der Waals surface area contributed by atoms with Gasteiger partial charge in [-0.3, -0.25) is 9.59 Å². The number of nitrogens with one attached hydrogen (secondary N) is 1. The minimum absolute atomic E-state index is 0.323. The van der Waals surface area contributed by atoms with Crippen LogP contribution in [0, 0.1) is 5.92 Å². The molecule has 0 aromatic heterocycles. The van der Waals surface area contributed by atoms with Crippen LogP contribution in [0.3, 0.4) is 0 Å². The molecular weight excluding hydrogens is 237 g/mol. The Morgan fingerprint density at radius 2 is 1.94 bits per heavy atom. The standard InChI is InChI=1S/C10H15F3N2O2/c11-10(12,13)5-15-9(17)8(16)7(14)4-6-2-1-3-6/h6-7H,1-5,14H2,(H,15,17). The lowest BCUT2D eigenvalue weighted by molar-refractivity contribution is -0.146. The maximum absolute atomic E-state index is 11.8. The fourth-order valence-corrected chi connectivity index (χ4v) is 1.63. The minimum atomic E-state index is -4.52. The summed E-state index contributed by atoms with van der Waals surface area (Å²) in [5, 5.41) is 1.52. The SMILES string of the molecule is NC(CC1CCC1)C(=O)C(=O)NCC(F)(F)F. The van der Waals surface area contributed by atoms with Crippen molar-refractivity contribution in [2.24, 2.45) is 11.7 Å². The van der Waals surface area contributed by atoms with Gasteiger partial charge in [-0.05, 0) is 12.3 Å². The molecule has 0 saturated heterocycles. The Bertz CT molecular complexity index is 300. The molecule has 0 radical (unpaired) electrons. The summed E-state index contributed by atoms with van der Waals surface area (Å²) in [6.07, 6.45) is -1.14. The highest BCUT2D eigenvalue weighted by molar-refractivity contribution is 6.38. The first-order valence-electron chi connectivity index (χ1n) is 5.44. The predicted molar refractivity (Wildman–Crippen MR) is 54.0 cm³/mol. The van der Waals surface area contributed by atoms with Crippen LogP contribution in [-0.2, 0) is 9.59 Å². The van der Waals surface area contributed by atoms with Crippen LogP contribution in [0.5, 0.6) is 0 Å². The van der Waals surface area contributed by atoms with Gasteiger partial charge in [-0.2, -0.15) is 13.2 Å². The highest BCUT2D eigenvalue weighted by Gasteiger charge is 2.31. The zero-order valence-corrected chi connectivity index (χ0v) is 9.22. The molecular formula is C10H15F3N2O2. The Morgan fingerprint density at radius 1 is 1.35 bits per heavy atom. The average molecular weight is 252 g/mol. The van der Waals surface area contributed by atoms with E-state index >= 15 is 0 Å². The normalized spacial score (nSPS) is 18.4. The van der Waals surface area contributed by atoms with Crippen molar-refractivity contribution >= 4 is 11.7 Å². The molecule has 1 rings (SSSR count). The van der Waals surface area contributed by atoms with Crippen molar-refractivity contribution in [2.45, 2.75) is 37.9 Å². The zero-order valence-electron chi connectivity index (χ0n) is 9.22.